The van der Waals surface area contributed by atoms with Gasteiger partial charge in [0.2, 0.25) is 10.0 Å². The zero-order chi connectivity index (χ0) is 18.1. The first-order valence-electron chi connectivity index (χ1n) is 8.21. The molecule has 1 saturated carbocycles. The number of benzene rings is 1. The lowest BCUT2D eigenvalue weighted by atomic mass is 10.0. The fraction of sp³-hybridized carbons (Fsp3) is 0.562. The van der Waals surface area contributed by atoms with E-state index in [2.05, 4.69) is 4.72 Å². The van der Waals surface area contributed by atoms with Crippen molar-refractivity contribution in [3.63, 3.8) is 0 Å². The van der Waals surface area contributed by atoms with E-state index in [0.29, 0.717) is 11.1 Å². The highest BCUT2D eigenvalue weighted by molar-refractivity contribution is 7.89. The molecular formula is C16H22N2O6S. The first-order valence-corrected chi connectivity index (χ1v) is 9.69. The number of rotatable bonds is 7. The summed E-state index contributed by atoms with van der Waals surface area (Å²) in [6, 6.07) is 4.29. The molecule has 1 fully saturated rings. The van der Waals surface area contributed by atoms with Crippen molar-refractivity contribution >= 4 is 21.1 Å². The fourth-order valence-electron chi connectivity index (χ4n) is 3.24. The minimum absolute atomic E-state index is 0.0618. The summed E-state index contributed by atoms with van der Waals surface area (Å²) >= 11 is 0. The Morgan fingerprint density at radius 3 is 2.76 bits per heavy atom. The van der Waals surface area contributed by atoms with Crippen LogP contribution < -0.4 is 10.5 Å². The maximum atomic E-state index is 12.6. The van der Waals surface area contributed by atoms with Gasteiger partial charge in [-0.15, -0.1) is 0 Å². The Labute approximate surface area is 145 Å². The number of sulfonamides is 1. The van der Waals surface area contributed by atoms with Crippen LogP contribution in [-0.4, -0.2) is 43.5 Å². The first-order chi connectivity index (χ1) is 11.9. The number of ether oxygens (including phenoxy) is 1. The molecule has 1 aromatic carbocycles. The van der Waals surface area contributed by atoms with E-state index in [1.165, 1.54) is 29.8 Å². The van der Waals surface area contributed by atoms with Gasteiger partial charge in [-0.25, -0.2) is 17.9 Å². The number of aryl methyl sites for hydroxylation is 1. The number of oxazole rings is 1. The molecule has 8 nitrogen and oxygen atoms in total. The highest BCUT2D eigenvalue weighted by Crippen LogP contribution is 2.33. The number of aromatic nitrogens is 1. The van der Waals surface area contributed by atoms with E-state index in [4.69, 9.17) is 14.3 Å². The summed E-state index contributed by atoms with van der Waals surface area (Å²) in [4.78, 5) is 11.6. The summed E-state index contributed by atoms with van der Waals surface area (Å²) in [5.74, 6) is -0.542. The van der Waals surface area contributed by atoms with E-state index in [1.54, 1.807) is 0 Å². The molecule has 2 N–H and O–H groups in total. The summed E-state index contributed by atoms with van der Waals surface area (Å²) in [5.41, 5.74) is 0.188. The number of hydrogen-bond donors (Lipinski definition) is 2. The van der Waals surface area contributed by atoms with Gasteiger partial charge in [-0.2, -0.15) is 0 Å². The van der Waals surface area contributed by atoms with Crippen LogP contribution in [0.25, 0.3) is 11.1 Å². The maximum Gasteiger partial charge on any atom is 0.419 e. The number of aliphatic hydroxyl groups is 1. The average molecular weight is 370 g/mol. The van der Waals surface area contributed by atoms with Gasteiger partial charge in [-0.05, 0) is 31.0 Å². The molecule has 0 aliphatic heterocycles. The highest BCUT2D eigenvalue weighted by Gasteiger charge is 2.36. The Kier molecular flexibility index (Phi) is 5.01. The van der Waals surface area contributed by atoms with Crippen molar-refractivity contribution < 1.29 is 22.7 Å². The van der Waals surface area contributed by atoms with E-state index < -0.39 is 21.4 Å². The number of nitrogens with zero attached hydrogens (tertiary/aromatic N) is 1. The van der Waals surface area contributed by atoms with Crippen LogP contribution in [0.5, 0.6) is 0 Å². The number of fused-ring (bicyclic) bond motifs is 1. The van der Waals surface area contributed by atoms with E-state index >= 15 is 0 Å². The molecule has 0 atom stereocenters. The Bertz CT molecular complexity index is 908. The van der Waals surface area contributed by atoms with Crippen LogP contribution in [0.2, 0.25) is 0 Å². The number of hydrogen-bond acceptors (Lipinski definition) is 6. The van der Waals surface area contributed by atoms with E-state index in [9.17, 15) is 13.2 Å². The summed E-state index contributed by atoms with van der Waals surface area (Å²) in [7, 11) is -2.24. The molecular weight excluding hydrogens is 348 g/mol. The zero-order valence-corrected chi connectivity index (χ0v) is 14.8. The van der Waals surface area contributed by atoms with Crippen LogP contribution in [0.4, 0.5) is 0 Å². The van der Waals surface area contributed by atoms with Crippen molar-refractivity contribution in [1.82, 2.24) is 9.29 Å². The molecule has 0 saturated heterocycles. The second-order valence-electron chi connectivity index (χ2n) is 6.34. The van der Waals surface area contributed by atoms with Crippen LogP contribution in [0.1, 0.15) is 25.7 Å². The molecule has 25 heavy (non-hydrogen) atoms. The van der Waals surface area contributed by atoms with Gasteiger partial charge in [-0.3, -0.25) is 4.57 Å². The maximum absolute atomic E-state index is 12.6. The van der Waals surface area contributed by atoms with Gasteiger partial charge in [0.15, 0.2) is 5.58 Å². The molecule has 2 aromatic rings. The van der Waals surface area contributed by atoms with E-state index in [0.717, 1.165) is 25.7 Å². The molecule has 0 amide bonds. The predicted molar refractivity (Wildman–Crippen MR) is 90.9 cm³/mol. The predicted octanol–water partition coefficient (Wildman–Crippen LogP) is 0.731. The third-order valence-electron chi connectivity index (χ3n) is 4.67. The number of nitrogens with one attached hydrogen (secondary N) is 1. The fourth-order valence-corrected chi connectivity index (χ4v) is 4.37. The SMILES string of the molecule is Cn1c(=O)oc2ccc(S(=O)(=O)NCC3(OCCO)CCCC3)cc21. The van der Waals surface area contributed by atoms with Gasteiger partial charge in [0, 0.05) is 13.6 Å². The monoisotopic (exact) mass is 370 g/mol. The normalized spacial score (nSPS) is 17.4. The summed E-state index contributed by atoms with van der Waals surface area (Å²) in [6.45, 7) is 0.238. The molecule has 1 aromatic heterocycles. The summed E-state index contributed by atoms with van der Waals surface area (Å²) in [6.07, 6.45) is 3.45. The topological polar surface area (TPSA) is 111 Å². The van der Waals surface area contributed by atoms with Crippen molar-refractivity contribution in [2.45, 2.75) is 36.2 Å². The van der Waals surface area contributed by atoms with Crippen molar-refractivity contribution in [3.05, 3.63) is 28.7 Å². The molecule has 9 heteroatoms. The Morgan fingerprint density at radius 2 is 2.08 bits per heavy atom. The van der Waals surface area contributed by atoms with Crippen molar-refractivity contribution in [2.24, 2.45) is 7.05 Å². The van der Waals surface area contributed by atoms with Gasteiger partial charge in [0.25, 0.3) is 0 Å². The standard InChI is InChI=1S/C16H22N2O6S/c1-18-13-10-12(4-5-14(13)24-15(18)20)25(21,22)17-11-16(23-9-8-19)6-2-3-7-16/h4-5,10,17,19H,2-3,6-9,11H2,1H3. The number of aliphatic hydroxyl groups excluding tert-OH is 1. The van der Waals surface area contributed by atoms with Crippen LogP contribution in [0.3, 0.4) is 0 Å². The zero-order valence-electron chi connectivity index (χ0n) is 14.0. The minimum atomic E-state index is -3.76. The van der Waals surface area contributed by atoms with E-state index in [-0.39, 0.29) is 24.7 Å². The minimum Gasteiger partial charge on any atom is -0.408 e. The largest absolute Gasteiger partial charge is 0.419 e. The van der Waals surface area contributed by atoms with Gasteiger partial charge in [0.05, 0.1) is 29.2 Å². The summed E-state index contributed by atoms with van der Waals surface area (Å²) < 4.78 is 39.9. The van der Waals surface area contributed by atoms with Crippen LogP contribution in [0, 0.1) is 0 Å². The van der Waals surface area contributed by atoms with E-state index in [1.807, 2.05) is 0 Å². The Morgan fingerprint density at radius 1 is 1.36 bits per heavy atom. The third-order valence-corrected chi connectivity index (χ3v) is 6.07. The lowest BCUT2D eigenvalue weighted by Crippen LogP contribution is -2.43. The molecule has 138 valence electrons. The second-order valence-corrected chi connectivity index (χ2v) is 8.11. The summed E-state index contributed by atoms with van der Waals surface area (Å²) in [5, 5.41) is 8.98. The van der Waals surface area contributed by atoms with Crippen molar-refractivity contribution in [2.75, 3.05) is 19.8 Å². The lowest BCUT2D eigenvalue weighted by molar-refractivity contribution is -0.0492. The van der Waals surface area contributed by atoms with Crippen molar-refractivity contribution in [3.8, 4) is 0 Å². The lowest BCUT2D eigenvalue weighted by Gasteiger charge is -2.29. The van der Waals surface area contributed by atoms with Gasteiger partial charge >= 0.3 is 5.76 Å². The molecule has 0 unspecified atom stereocenters. The smallest absolute Gasteiger partial charge is 0.408 e. The van der Waals surface area contributed by atoms with Crippen molar-refractivity contribution in [1.29, 1.82) is 0 Å². The van der Waals surface area contributed by atoms with Gasteiger partial charge in [0.1, 0.15) is 0 Å². The van der Waals surface area contributed by atoms with Gasteiger partial charge in [-0.1, -0.05) is 12.8 Å². The molecule has 0 spiro atoms. The molecule has 1 aliphatic rings. The second kappa shape index (κ2) is 6.91. The van der Waals surface area contributed by atoms with Crippen LogP contribution >= 0.6 is 0 Å². The average Bonchev–Trinajstić information content (AvgIpc) is 3.17. The Hall–Kier alpha value is -1.68. The van der Waals surface area contributed by atoms with Crippen LogP contribution in [0.15, 0.2) is 32.3 Å². The molecule has 1 heterocycles. The Balaban J connectivity index is 1.81. The molecule has 0 radical (unpaired) electrons. The highest BCUT2D eigenvalue weighted by atomic mass is 32.2. The quantitative estimate of drug-likeness (QED) is 0.743. The van der Waals surface area contributed by atoms with Gasteiger partial charge < -0.3 is 14.3 Å². The third kappa shape index (κ3) is 3.64. The molecule has 1 aliphatic carbocycles. The first kappa shape index (κ1) is 18.1. The molecule has 3 rings (SSSR count). The molecule has 0 bridgehead atoms. The van der Waals surface area contributed by atoms with Crippen LogP contribution in [-0.2, 0) is 21.8 Å².